The summed E-state index contributed by atoms with van der Waals surface area (Å²) in [7, 11) is 0. The summed E-state index contributed by atoms with van der Waals surface area (Å²) in [5.41, 5.74) is 3.95. The van der Waals surface area contributed by atoms with Crippen LogP contribution in [-0.2, 0) is 9.53 Å². The molecule has 0 saturated carbocycles. The Bertz CT molecular complexity index is 752. The van der Waals surface area contributed by atoms with Gasteiger partial charge in [0, 0.05) is 25.2 Å². The van der Waals surface area contributed by atoms with Gasteiger partial charge in [-0.1, -0.05) is 38.1 Å². The lowest BCUT2D eigenvalue weighted by Crippen LogP contribution is -2.38. The summed E-state index contributed by atoms with van der Waals surface area (Å²) < 4.78 is 11.4. The molecule has 2 aromatic rings. The Balaban J connectivity index is 1.77. The van der Waals surface area contributed by atoms with Gasteiger partial charge in [0.25, 0.3) is 0 Å². The van der Waals surface area contributed by atoms with Gasteiger partial charge in [-0.2, -0.15) is 5.10 Å². The highest BCUT2D eigenvalue weighted by atomic mass is 16.5. The molecule has 0 radical (unpaired) electrons. The summed E-state index contributed by atoms with van der Waals surface area (Å²) in [6.45, 7) is 11.0. The lowest BCUT2D eigenvalue weighted by atomic mass is 9.98. The van der Waals surface area contributed by atoms with Gasteiger partial charge in [-0.3, -0.25) is 9.69 Å². The number of aromatic nitrogens is 2. The normalized spacial score (nSPS) is 16.1. The fourth-order valence-electron chi connectivity index (χ4n) is 3.38. The van der Waals surface area contributed by atoms with Crippen molar-refractivity contribution in [3.05, 3.63) is 35.4 Å². The van der Waals surface area contributed by atoms with Gasteiger partial charge in [0.05, 0.1) is 24.8 Å². The van der Waals surface area contributed by atoms with E-state index in [1.807, 2.05) is 6.92 Å². The van der Waals surface area contributed by atoms with Gasteiger partial charge in [0.2, 0.25) is 12.3 Å². The third-order valence-electron chi connectivity index (χ3n) is 5.13. The Morgan fingerprint density at radius 1 is 1.25 bits per heavy atom. The quantitative estimate of drug-likeness (QED) is 0.648. The number of ether oxygens (including phenoxy) is 2. The van der Waals surface area contributed by atoms with Crippen molar-refractivity contribution in [3.8, 4) is 17.1 Å². The summed E-state index contributed by atoms with van der Waals surface area (Å²) in [5.74, 6) is 1.08. The van der Waals surface area contributed by atoms with Crippen molar-refractivity contribution in [3.63, 3.8) is 0 Å². The maximum atomic E-state index is 11.0. The number of aromatic amines is 1. The average Bonchev–Trinajstić information content (AvgIpc) is 3.13. The van der Waals surface area contributed by atoms with Crippen molar-refractivity contribution in [1.29, 1.82) is 0 Å². The third-order valence-corrected chi connectivity index (χ3v) is 5.13. The number of hydrogen-bond acceptors (Lipinski definition) is 5. The molecule has 1 aliphatic rings. The molecule has 1 saturated heterocycles. The molecule has 1 atom stereocenters. The van der Waals surface area contributed by atoms with Crippen LogP contribution in [0.2, 0.25) is 0 Å². The smallest absolute Gasteiger partial charge is 0.215 e. The molecule has 0 aliphatic carbocycles. The summed E-state index contributed by atoms with van der Waals surface area (Å²) >= 11 is 0. The maximum absolute atomic E-state index is 11.0. The predicted molar refractivity (Wildman–Crippen MR) is 108 cm³/mol. The molecule has 28 heavy (non-hydrogen) atoms. The summed E-state index contributed by atoms with van der Waals surface area (Å²) in [4.78, 5) is 13.3. The average molecular weight is 386 g/mol. The first kappa shape index (κ1) is 20.4. The van der Waals surface area contributed by atoms with Crippen LogP contribution < -0.4 is 10.1 Å². The van der Waals surface area contributed by atoms with E-state index in [9.17, 15) is 4.79 Å². The molecule has 7 nitrogen and oxygen atoms in total. The van der Waals surface area contributed by atoms with Gasteiger partial charge < -0.3 is 14.8 Å². The number of nitrogens with one attached hydrogen (secondary N) is 2. The molecule has 2 heterocycles. The van der Waals surface area contributed by atoms with Crippen LogP contribution in [0.4, 0.5) is 0 Å². The summed E-state index contributed by atoms with van der Waals surface area (Å²) in [6.07, 6.45) is 0.709. The summed E-state index contributed by atoms with van der Waals surface area (Å²) in [6, 6.07) is 8.17. The zero-order chi connectivity index (χ0) is 19.9. The zero-order valence-corrected chi connectivity index (χ0v) is 16.9. The van der Waals surface area contributed by atoms with Crippen molar-refractivity contribution in [2.45, 2.75) is 32.7 Å². The van der Waals surface area contributed by atoms with E-state index in [0.717, 1.165) is 49.7 Å². The van der Waals surface area contributed by atoms with Crippen LogP contribution >= 0.6 is 0 Å². The van der Waals surface area contributed by atoms with Crippen LogP contribution in [0.3, 0.4) is 0 Å². The topological polar surface area (TPSA) is 79.5 Å². The van der Waals surface area contributed by atoms with E-state index >= 15 is 0 Å². The van der Waals surface area contributed by atoms with E-state index in [4.69, 9.17) is 9.47 Å². The van der Waals surface area contributed by atoms with E-state index in [-0.39, 0.29) is 6.04 Å². The number of carbonyl (C=O) groups is 1. The number of H-pyrrole nitrogens is 1. The minimum Gasteiger partial charge on any atom is -0.476 e. The lowest BCUT2D eigenvalue weighted by Gasteiger charge is -2.26. The van der Waals surface area contributed by atoms with E-state index in [1.165, 1.54) is 5.56 Å². The van der Waals surface area contributed by atoms with Crippen LogP contribution in [0.15, 0.2) is 24.3 Å². The van der Waals surface area contributed by atoms with Crippen molar-refractivity contribution in [2.24, 2.45) is 0 Å². The standard InChI is InChI=1S/C21H30N4O3/c1-15(2)17-4-6-18(7-5-17)20-19(16(3)22-14-26)21(24-23-20)28-13-10-25-8-11-27-12-9-25/h4-7,14-16H,8-13H2,1-3H3,(H,22,26)(H,23,24). The number of benzene rings is 1. The predicted octanol–water partition coefficient (Wildman–Crippen LogP) is 2.72. The van der Waals surface area contributed by atoms with E-state index in [0.29, 0.717) is 24.8 Å². The number of carbonyl (C=O) groups excluding carboxylic acids is 1. The van der Waals surface area contributed by atoms with Crippen LogP contribution in [-0.4, -0.2) is 61.0 Å². The van der Waals surface area contributed by atoms with Gasteiger partial charge in [-0.15, -0.1) is 0 Å². The fraction of sp³-hybridized carbons (Fsp3) is 0.524. The zero-order valence-electron chi connectivity index (χ0n) is 16.9. The molecule has 3 rings (SSSR count). The second-order valence-corrected chi connectivity index (χ2v) is 7.40. The molecule has 2 N–H and O–H groups in total. The molecule has 1 fully saturated rings. The second kappa shape index (κ2) is 9.71. The largest absolute Gasteiger partial charge is 0.476 e. The van der Waals surface area contributed by atoms with Crippen LogP contribution in [0, 0.1) is 0 Å². The Labute approximate surface area is 166 Å². The van der Waals surface area contributed by atoms with E-state index < -0.39 is 0 Å². The Kier molecular flexibility index (Phi) is 7.06. The minimum atomic E-state index is -0.214. The molecule has 0 spiro atoms. The second-order valence-electron chi connectivity index (χ2n) is 7.40. The molecule has 1 amide bonds. The van der Waals surface area contributed by atoms with Crippen molar-refractivity contribution in [2.75, 3.05) is 39.5 Å². The fourth-order valence-corrected chi connectivity index (χ4v) is 3.38. The number of rotatable bonds is 9. The first-order valence-corrected chi connectivity index (χ1v) is 9.91. The number of morpholine rings is 1. The Morgan fingerprint density at radius 2 is 1.96 bits per heavy atom. The lowest BCUT2D eigenvalue weighted by molar-refractivity contribution is -0.110. The van der Waals surface area contributed by atoms with Gasteiger partial charge in [0.15, 0.2) is 0 Å². The van der Waals surface area contributed by atoms with Gasteiger partial charge in [0.1, 0.15) is 12.3 Å². The van der Waals surface area contributed by atoms with Crippen molar-refractivity contribution >= 4 is 6.41 Å². The summed E-state index contributed by atoms with van der Waals surface area (Å²) in [5, 5.41) is 10.3. The third kappa shape index (κ3) is 4.91. The molecule has 1 aromatic carbocycles. The van der Waals surface area contributed by atoms with Crippen molar-refractivity contribution < 1.29 is 14.3 Å². The Hall–Kier alpha value is -2.38. The maximum Gasteiger partial charge on any atom is 0.215 e. The molecule has 0 bridgehead atoms. The highest BCUT2D eigenvalue weighted by Gasteiger charge is 2.22. The van der Waals surface area contributed by atoms with Crippen molar-refractivity contribution in [1.82, 2.24) is 20.4 Å². The monoisotopic (exact) mass is 386 g/mol. The number of hydrogen-bond donors (Lipinski definition) is 2. The van der Waals surface area contributed by atoms with Gasteiger partial charge in [-0.25, -0.2) is 5.10 Å². The van der Waals surface area contributed by atoms with E-state index in [1.54, 1.807) is 0 Å². The molecule has 1 unspecified atom stereocenters. The molecule has 1 aromatic heterocycles. The van der Waals surface area contributed by atoms with Crippen LogP contribution in [0.25, 0.3) is 11.3 Å². The first-order chi connectivity index (χ1) is 13.6. The van der Waals surface area contributed by atoms with Crippen LogP contribution in [0.5, 0.6) is 5.88 Å². The minimum absolute atomic E-state index is 0.214. The van der Waals surface area contributed by atoms with Crippen LogP contribution in [0.1, 0.15) is 43.9 Å². The molecular weight excluding hydrogens is 356 g/mol. The Morgan fingerprint density at radius 3 is 2.61 bits per heavy atom. The SMILES string of the molecule is CC(C)c1ccc(-c2n[nH]c(OCCN3CCOCC3)c2C(C)NC=O)cc1. The number of nitrogens with zero attached hydrogens (tertiary/aromatic N) is 2. The molecule has 7 heteroatoms. The highest BCUT2D eigenvalue weighted by Crippen LogP contribution is 2.33. The molecular formula is C21H30N4O3. The van der Waals surface area contributed by atoms with E-state index in [2.05, 4.69) is 58.5 Å². The molecule has 1 aliphatic heterocycles. The molecule has 152 valence electrons. The van der Waals surface area contributed by atoms with Gasteiger partial charge >= 0.3 is 0 Å². The highest BCUT2D eigenvalue weighted by molar-refractivity contribution is 5.67. The first-order valence-electron chi connectivity index (χ1n) is 9.91. The van der Waals surface area contributed by atoms with Gasteiger partial charge in [-0.05, 0) is 18.4 Å². The number of amides is 1.